The number of carbonyl (C=O) groups is 1. The van der Waals surface area contributed by atoms with Gasteiger partial charge in [0.25, 0.3) is 5.91 Å². The molecule has 0 fully saturated rings. The standard InChI is InChI=1S/C17H13BrN4OS/c1-24-17-20-16(23)14-12-9-11(18)7-8-13(12)19-15(22(14)21-17)10-5-3-2-4-6-10/h2-9,15H,1H3,(H,20,21,23). The molecule has 2 aliphatic rings. The van der Waals surface area contributed by atoms with E-state index < -0.39 is 0 Å². The van der Waals surface area contributed by atoms with Crippen LogP contribution in [0.2, 0.25) is 0 Å². The van der Waals surface area contributed by atoms with Crippen molar-refractivity contribution in [3.8, 4) is 0 Å². The Labute approximate surface area is 151 Å². The minimum absolute atomic E-state index is 0.162. The Morgan fingerprint density at radius 3 is 2.75 bits per heavy atom. The second-order valence-electron chi connectivity index (χ2n) is 5.33. The molecule has 1 amide bonds. The summed E-state index contributed by atoms with van der Waals surface area (Å²) in [6.07, 6.45) is 1.52. The largest absolute Gasteiger partial charge is 0.298 e. The Kier molecular flexibility index (Phi) is 3.90. The molecule has 0 saturated carbocycles. The fraction of sp³-hybridized carbons (Fsp3) is 0.118. The molecular formula is C17H13BrN4OS. The van der Waals surface area contributed by atoms with E-state index in [4.69, 9.17) is 4.99 Å². The highest BCUT2D eigenvalue weighted by atomic mass is 79.9. The quantitative estimate of drug-likeness (QED) is 0.795. The number of fused-ring (bicyclic) bond motifs is 2. The number of hydrogen-bond acceptors (Lipinski definition) is 5. The summed E-state index contributed by atoms with van der Waals surface area (Å²) < 4.78 is 0.898. The summed E-state index contributed by atoms with van der Waals surface area (Å²) in [7, 11) is 0. The summed E-state index contributed by atoms with van der Waals surface area (Å²) in [4.78, 5) is 17.5. The molecule has 0 aliphatic carbocycles. The number of nitrogens with zero attached hydrogens (tertiary/aromatic N) is 3. The van der Waals surface area contributed by atoms with E-state index in [9.17, 15) is 4.79 Å². The Balaban J connectivity index is 2.02. The van der Waals surface area contributed by atoms with Gasteiger partial charge in [0.15, 0.2) is 11.3 Å². The van der Waals surface area contributed by atoms with Gasteiger partial charge in [0.05, 0.1) is 5.36 Å². The zero-order valence-electron chi connectivity index (χ0n) is 12.7. The fourth-order valence-corrected chi connectivity index (χ4v) is 3.51. The van der Waals surface area contributed by atoms with Crippen molar-refractivity contribution in [3.63, 3.8) is 0 Å². The third-order valence-corrected chi connectivity index (χ3v) is 4.92. The summed E-state index contributed by atoms with van der Waals surface area (Å²) in [6.45, 7) is 0. The number of benzene rings is 2. The molecule has 24 heavy (non-hydrogen) atoms. The Morgan fingerprint density at radius 2 is 2.00 bits per heavy atom. The molecule has 0 saturated heterocycles. The van der Waals surface area contributed by atoms with Gasteiger partial charge in [-0.25, -0.2) is 5.01 Å². The lowest BCUT2D eigenvalue weighted by Gasteiger charge is -2.33. The van der Waals surface area contributed by atoms with Crippen LogP contribution in [0.25, 0.3) is 5.70 Å². The number of halogens is 1. The van der Waals surface area contributed by atoms with Crippen LogP contribution >= 0.6 is 27.7 Å². The maximum atomic E-state index is 12.7. The normalized spacial score (nSPS) is 19.0. The topological polar surface area (TPSA) is 57.1 Å². The van der Waals surface area contributed by atoms with Gasteiger partial charge >= 0.3 is 0 Å². The average molecular weight is 401 g/mol. The summed E-state index contributed by atoms with van der Waals surface area (Å²) in [5.41, 5.74) is 1.51. The lowest BCUT2D eigenvalue weighted by atomic mass is 10.1. The molecule has 1 N–H and O–H groups in total. The third kappa shape index (κ3) is 2.53. The third-order valence-electron chi connectivity index (χ3n) is 3.86. The second-order valence-corrected chi connectivity index (χ2v) is 7.04. The maximum absolute atomic E-state index is 12.7. The van der Waals surface area contributed by atoms with Gasteiger partial charge in [0, 0.05) is 9.69 Å². The molecule has 1 unspecified atom stereocenters. The molecule has 0 spiro atoms. The summed E-state index contributed by atoms with van der Waals surface area (Å²) in [5.74, 6) is -0.162. The van der Waals surface area contributed by atoms with E-state index in [-0.39, 0.29) is 12.1 Å². The molecule has 1 atom stereocenters. The van der Waals surface area contributed by atoms with Gasteiger partial charge in [-0.05, 0) is 30.0 Å². The number of amidine groups is 1. The smallest absolute Gasteiger partial charge is 0.276 e. The monoisotopic (exact) mass is 400 g/mol. The number of thioether (sulfide) groups is 1. The van der Waals surface area contributed by atoms with Gasteiger partial charge in [0.1, 0.15) is 5.70 Å². The first kappa shape index (κ1) is 15.4. The van der Waals surface area contributed by atoms with E-state index in [0.717, 1.165) is 20.6 Å². The van der Waals surface area contributed by atoms with Crippen molar-refractivity contribution >= 4 is 44.5 Å². The van der Waals surface area contributed by atoms with E-state index >= 15 is 0 Å². The van der Waals surface area contributed by atoms with Crippen LogP contribution in [0.15, 0.2) is 63.1 Å². The number of amides is 1. The molecule has 2 aliphatic heterocycles. The minimum atomic E-state index is -0.358. The van der Waals surface area contributed by atoms with Crippen molar-refractivity contribution < 1.29 is 4.79 Å². The molecule has 7 heteroatoms. The van der Waals surface area contributed by atoms with Crippen LogP contribution in [0.4, 0.5) is 0 Å². The summed E-state index contributed by atoms with van der Waals surface area (Å²) in [6, 6.07) is 15.6. The van der Waals surface area contributed by atoms with Crippen LogP contribution in [-0.4, -0.2) is 22.3 Å². The molecule has 120 valence electrons. The Hall–Kier alpha value is -2.12. The first-order valence-electron chi connectivity index (χ1n) is 7.33. The van der Waals surface area contributed by atoms with Crippen molar-refractivity contribution in [3.05, 3.63) is 69.1 Å². The molecular weight excluding hydrogens is 388 g/mol. The van der Waals surface area contributed by atoms with Crippen molar-refractivity contribution in [2.75, 3.05) is 6.26 Å². The number of hydrogen-bond donors (Lipinski definition) is 1. The molecule has 0 bridgehead atoms. The fourth-order valence-electron chi connectivity index (χ4n) is 2.79. The van der Waals surface area contributed by atoms with Crippen molar-refractivity contribution in [2.24, 2.45) is 10.1 Å². The minimum Gasteiger partial charge on any atom is -0.298 e. The number of rotatable bonds is 1. The molecule has 2 heterocycles. The van der Waals surface area contributed by atoms with Gasteiger partial charge in [-0.2, -0.15) is 0 Å². The van der Waals surface area contributed by atoms with Gasteiger partial charge in [-0.15, -0.1) is 5.10 Å². The zero-order valence-corrected chi connectivity index (χ0v) is 15.1. The zero-order chi connectivity index (χ0) is 16.7. The molecule has 0 aromatic heterocycles. The predicted octanol–water partition coefficient (Wildman–Crippen LogP) is 1.96. The number of nitrogens with one attached hydrogen (secondary N) is 1. The van der Waals surface area contributed by atoms with Gasteiger partial charge in [0.2, 0.25) is 0 Å². The summed E-state index contributed by atoms with van der Waals surface area (Å²) in [5, 5.41) is 11.3. The first-order valence-corrected chi connectivity index (χ1v) is 9.35. The van der Waals surface area contributed by atoms with Crippen LogP contribution in [0, 0.1) is 0 Å². The first-order chi connectivity index (χ1) is 11.7. The van der Waals surface area contributed by atoms with Gasteiger partial charge < -0.3 is 0 Å². The lowest BCUT2D eigenvalue weighted by molar-refractivity contribution is -0.116. The van der Waals surface area contributed by atoms with Gasteiger partial charge in [-0.3, -0.25) is 15.1 Å². The van der Waals surface area contributed by atoms with Crippen LogP contribution < -0.4 is 15.9 Å². The summed E-state index contributed by atoms with van der Waals surface area (Å²) >= 11 is 4.87. The van der Waals surface area contributed by atoms with E-state index in [2.05, 4.69) is 26.3 Å². The van der Waals surface area contributed by atoms with Crippen LogP contribution in [0.3, 0.4) is 0 Å². The van der Waals surface area contributed by atoms with E-state index in [1.165, 1.54) is 11.8 Å². The average Bonchev–Trinajstić information content (AvgIpc) is 2.61. The SMILES string of the molecule is CSC1=NN2C(=c3cc(Br)ccc3=NC2c2ccccc2)C(=O)N1. The predicted molar refractivity (Wildman–Crippen MR) is 98.4 cm³/mol. The van der Waals surface area contributed by atoms with Crippen LogP contribution in [0.1, 0.15) is 11.7 Å². The number of hydrazone groups is 1. The highest BCUT2D eigenvalue weighted by Gasteiger charge is 2.34. The lowest BCUT2D eigenvalue weighted by Crippen LogP contribution is -2.50. The van der Waals surface area contributed by atoms with E-state index in [1.54, 1.807) is 5.01 Å². The van der Waals surface area contributed by atoms with Crippen LogP contribution in [0.5, 0.6) is 0 Å². The molecule has 5 nitrogen and oxygen atoms in total. The van der Waals surface area contributed by atoms with E-state index in [1.807, 2.05) is 54.8 Å². The maximum Gasteiger partial charge on any atom is 0.276 e. The Morgan fingerprint density at radius 1 is 1.21 bits per heavy atom. The van der Waals surface area contributed by atoms with Crippen molar-refractivity contribution in [1.29, 1.82) is 0 Å². The van der Waals surface area contributed by atoms with Crippen molar-refractivity contribution in [1.82, 2.24) is 10.3 Å². The molecule has 2 aromatic rings. The molecule has 4 rings (SSSR count). The highest BCUT2D eigenvalue weighted by molar-refractivity contribution is 9.10. The molecule has 0 radical (unpaired) electrons. The highest BCUT2D eigenvalue weighted by Crippen LogP contribution is 2.30. The van der Waals surface area contributed by atoms with Crippen LogP contribution in [-0.2, 0) is 4.79 Å². The Bertz CT molecular complexity index is 974. The van der Waals surface area contributed by atoms with Gasteiger partial charge in [-0.1, -0.05) is 58.0 Å². The van der Waals surface area contributed by atoms with Crippen molar-refractivity contribution in [2.45, 2.75) is 6.17 Å². The van der Waals surface area contributed by atoms with E-state index in [0.29, 0.717) is 10.9 Å². The number of carbonyl (C=O) groups excluding carboxylic acids is 1. The molecule has 2 aromatic carbocycles. The second kappa shape index (κ2) is 6.07.